The van der Waals surface area contributed by atoms with E-state index < -0.39 is 0 Å². The average Bonchev–Trinajstić information content (AvgIpc) is 3.07. The van der Waals surface area contributed by atoms with Crippen LogP contribution in [0.1, 0.15) is 50.5 Å². The van der Waals surface area contributed by atoms with E-state index in [9.17, 15) is 4.79 Å². The smallest absolute Gasteiger partial charge is 0.223 e. The van der Waals surface area contributed by atoms with Crippen LogP contribution in [0, 0.1) is 0 Å². The van der Waals surface area contributed by atoms with Gasteiger partial charge >= 0.3 is 0 Å². The first kappa shape index (κ1) is 13.6. The summed E-state index contributed by atoms with van der Waals surface area (Å²) in [7, 11) is 0. The lowest BCUT2D eigenvalue weighted by atomic mass is 9.92. The Hall–Kier alpha value is -1.36. The Labute approximate surface area is 119 Å². The van der Waals surface area contributed by atoms with Gasteiger partial charge in [0, 0.05) is 25.6 Å². The van der Waals surface area contributed by atoms with E-state index in [1.807, 2.05) is 17.9 Å². The van der Waals surface area contributed by atoms with Crippen molar-refractivity contribution in [3.63, 3.8) is 0 Å². The van der Waals surface area contributed by atoms with E-state index in [1.54, 1.807) is 0 Å². The van der Waals surface area contributed by atoms with Crippen LogP contribution in [-0.4, -0.2) is 34.7 Å². The zero-order chi connectivity index (χ0) is 14.0. The Morgan fingerprint density at radius 1 is 1.40 bits per heavy atom. The first-order valence-electron chi connectivity index (χ1n) is 7.57. The molecule has 1 atom stereocenters. The maximum atomic E-state index is 12.2. The van der Waals surface area contributed by atoms with E-state index in [0.29, 0.717) is 13.0 Å². The zero-order valence-electron chi connectivity index (χ0n) is 12.1. The third kappa shape index (κ3) is 2.73. The van der Waals surface area contributed by atoms with Crippen LogP contribution in [0.15, 0.2) is 10.6 Å². The lowest BCUT2D eigenvalue weighted by molar-refractivity contribution is -0.131. The highest BCUT2D eigenvalue weighted by molar-refractivity contribution is 5.76. The van der Waals surface area contributed by atoms with Crippen LogP contribution in [-0.2, 0) is 22.5 Å². The van der Waals surface area contributed by atoms with Crippen LogP contribution in [0.25, 0.3) is 0 Å². The van der Waals surface area contributed by atoms with Gasteiger partial charge in [-0.25, -0.2) is 0 Å². The molecule has 2 fully saturated rings. The van der Waals surface area contributed by atoms with Gasteiger partial charge in [-0.15, -0.1) is 0 Å². The van der Waals surface area contributed by atoms with E-state index in [-0.39, 0.29) is 11.5 Å². The minimum absolute atomic E-state index is 0.0413. The van der Waals surface area contributed by atoms with Crippen molar-refractivity contribution in [1.29, 1.82) is 0 Å². The van der Waals surface area contributed by atoms with E-state index in [4.69, 9.17) is 9.26 Å². The molecule has 3 rings (SSSR count). The molecule has 1 aromatic rings. The Morgan fingerprint density at radius 3 is 3.00 bits per heavy atom. The highest BCUT2D eigenvalue weighted by atomic mass is 16.5. The number of hydrogen-bond donors (Lipinski definition) is 0. The van der Waals surface area contributed by atoms with Gasteiger partial charge in [0.25, 0.3) is 0 Å². The predicted octanol–water partition coefficient (Wildman–Crippen LogP) is 2.30. The Morgan fingerprint density at radius 2 is 2.30 bits per heavy atom. The van der Waals surface area contributed by atoms with Crippen molar-refractivity contribution in [2.24, 2.45) is 0 Å². The van der Waals surface area contributed by atoms with Crippen molar-refractivity contribution in [2.45, 2.75) is 57.6 Å². The third-order valence-electron chi connectivity index (χ3n) is 4.49. The van der Waals surface area contributed by atoms with Crippen LogP contribution in [0.2, 0.25) is 0 Å². The fraction of sp³-hybridized carbons (Fsp3) is 0.733. The molecule has 110 valence electrons. The summed E-state index contributed by atoms with van der Waals surface area (Å²) in [4.78, 5) is 14.1. The fourth-order valence-corrected chi connectivity index (χ4v) is 3.18. The number of amides is 1. The molecular formula is C15H22N2O3. The highest BCUT2D eigenvalue weighted by Crippen LogP contribution is 2.36. The summed E-state index contributed by atoms with van der Waals surface area (Å²) in [5.41, 5.74) is 0.901. The van der Waals surface area contributed by atoms with Crippen molar-refractivity contribution in [2.75, 3.05) is 13.2 Å². The molecule has 2 saturated heterocycles. The van der Waals surface area contributed by atoms with Gasteiger partial charge in [0.05, 0.1) is 17.8 Å². The second-order valence-corrected chi connectivity index (χ2v) is 5.84. The molecule has 0 saturated carbocycles. The summed E-state index contributed by atoms with van der Waals surface area (Å²) in [6, 6.07) is 1.94. The normalized spacial score (nSPS) is 27.2. The van der Waals surface area contributed by atoms with E-state index in [1.165, 1.54) is 0 Å². The highest BCUT2D eigenvalue weighted by Gasteiger charge is 2.38. The number of ether oxygens (including phenoxy) is 1. The van der Waals surface area contributed by atoms with Crippen molar-refractivity contribution < 1.29 is 14.1 Å². The molecule has 2 aliphatic heterocycles. The molecule has 3 heterocycles. The summed E-state index contributed by atoms with van der Waals surface area (Å²) in [5.74, 6) is 0.977. The molecule has 0 bridgehead atoms. The van der Waals surface area contributed by atoms with Gasteiger partial charge in [-0.1, -0.05) is 12.1 Å². The van der Waals surface area contributed by atoms with Crippen LogP contribution >= 0.6 is 0 Å². The Balaban J connectivity index is 1.65. The number of nitrogens with zero attached hydrogens (tertiary/aromatic N) is 2. The molecule has 1 spiro atoms. The van der Waals surface area contributed by atoms with Gasteiger partial charge in [0.15, 0.2) is 5.76 Å². The van der Waals surface area contributed by atoms with Crippen LogP contribution in [0.3, 0.4) is 0 Å². The van der Waals surface area contributed by atoms with Crippen molar-refractivity contribution in [1.82, 2.24) is 10.1 Å². The minimum atomic E-state index is -0.0413. The molecule has 0 aromatic carbocycles. The summed E-state index contributed by atoms with van der Waals surface area (Å²) in [5, 5.41) is 3.98. The van der Waals surface area contributed by atoms with Gasteiger partial charge < -0.3 is 14.2 Å². The maximum Gasteiger partial charge on any atom is 0.223 e. The van der Waals surface area contributed by atoms with E-state index in [0.717, 1.165) is 56.7 Å². The molecule has 1 aromatic heterocycles. The molecule has 0 N–H and O–H groups in total. The van der Waals surface area contributed by atoms with Crippen LogP contribution in [0.5, 0.6) is 0 Å². The molecular weight excluding hydrogens is 256 g/mol. The molecule has 5 nitrogen and oxygen atoms in total. The number of aromatic nitrogens is 1. The van der Waals surface area contributed by atoms with E-state index >= 15 is 0 Å². The molecule has 0 unspecified atom stereocenters. The third-order valence-corrected chi connectivity index (χ3v) is 4.49. The second-order valence-electron chi connectivity index (χ2n) is 5.84. The number of carbonyl (C=O) groups is 1. The number of carbonyl (C=O) groups excluding carboxylic acids is 1. The lowest BCUT2D eigenvalue weighted by Crippen LogP contribution is -2.31. The Bertz CT molecular complexity index is 477. The van der Waals surface area contributed by atoms with Crippen molar-refractivity contribution >= 4 is 5.91 Å². The van der Waals surface area contributed by atoms with Crippen LogP contribution in [0.4, 0.5) is 0 Å². The number of hydrogen-bond acceptors (Lipinski definition) is 4. The van der Waals surface area contributed by atoms with Gasteiger partial charge in [0.2, 0.25) is 5.91 Å². The number of aryl methyl sites for hydroxylation is 1. The second kappa shape index (κ2) is 5.56. The first-order chi connectivity index (χ1) is 9.71. The van der Waals surface area contributed by atoms with Gasteiger partial charge in [-0.05, 0) is 32.1 Å². The standard InChI is InChI=1S/C15H22N2O3/c1-2-12-10-13(20-16-12)11-17-8-7-15(5-3-9-19-15)6-4-14(17)18/h10H,2-9,11H2,1H3/t15-/m0/s1. The van der Waals surface area contributed by atoms with Crippen LogP contribution < -0.4 is 0 Å². The summed E-state index contributed by atoms with van der Waals surface area (Å²) in [6.07, 6.45) is 5.45. The largest absolute Gasteiger partial charge is 0.375 e. The summed E-state index contributed by atoms with van der Waals surface area (Å²) < 4.78 is 11.2. The topological polar surface area (TPSA) is 55.6 Å². The Kier molecular flexibility index (Phi) is 3.78. The van der Waals surface area contributed by atoms with Crippen molar-refractivity contribution in [3.05, 3.63) is 17.5 Å². The molecule has 0 aliphatic carbocycles. The molecule has 20 heavy (non-hydrogen) atoms. The first-order valence-corrected chi connectivity index (χ1v) is 7.57. The quantitative estimate of drug-likeness (QED) is 0.851. The minimum Gasteiger partial charge on any atom is -0.375 e. The summed E-state index contributed by atoms with van der Waals surface area (Å²) in [6.45, 7) is 4.17. The molecule has 5 heteroatoms. The summed E-state index contributed by atoms with van der Waals surface area (Å²) >= 11 is 0. The SMILES string of the molecule is CCc1cc(CN2CC[C@]3(CCCO3)CCC2=O)on1. The fourth-order valence-electron chi connectivity index (χ4n) is 3.18. The number of rotatable bonds is 3. The van der Waals surface area contributed by atoms with Gasteiger partial charge in [0.1, 0.15) is 0 Å². The van der Waals surface area contributed by atoms with Gasteiger partial charge in [-0.2, -0.15) is 0 Å². The zero-order valence-corrected chi connectivity index (χ0v) is 12.1. The number of likely N-dealkylation sites (tertiary alicyclic amines) is 1. The predicted molar refractivity (Wildman–Crippen MR) is 73.1 cm³/mol. The van der Waals surface area contributed by atoms with Crippen molar-refractivity contribution in [3.8, 4) is 0 Å². The monoisotopic (exact) mass is 278 g/mol. The lowest BCUT2D eigenvalue weighted by Gasteiger charge is -2.26. The molecule has 2 aliphatic rings. The molecule has 0 radical (unpaired) electrons. The van der Waals surface area contributed by atoms with E-state index in [2.05, 4.69) is 5.16 Å². The van der Waals surface area contributed by atoms with Gasteiger partial charge in [-0.3, -0.25) is 4.79 Å². The molecule has 1 amide bonds. The average molecular weight is 278 g/mol. The maximum absolute atomic E-state index is 12.2.